The van der Waals surface area contributed by atoms with Gasteiger partial charge in [-0.1, -0.05) is 0 Å². The first-order valence-electron chi connectivity index (χ1n) is 5.05. The van der Waals surface area contributed by atoms with Crippen LogP contribution in [0.5, 0.6) is 0 Å². The third kappa shape index (κ3) is 6.30. The number of carboxylic acid groups (broad SMARTS) is 1. The number of carbonyl (C=O) groups excluding carboxylic acids is 3. The highest BCUT2D eigenvalue weighted by atomic mass is 16.4. The molecule has 0 aromatic heterocycles. The number of hydrogen-bond acceptors (Lipinski definition) is 4. The van der Waals surface area contributed by atoms with Crippen molar-refractivity contribution in [2.24, 2.45) is 11.5 Å². The third-order valence-corrected chi connectivity index (χ3v) is 2.01. The van der Waals surface area contributed by atoms with Crippen LogP contribution in [0.15, 0.2) is 0 Å². The molecule has 0 rings (SSSR count). The monoisotopic (exact) mass is 260 g/mol. The van der Waals surface area contributed by atoms with E-state index >= 15 is 0 Å². The summed E-state index contributed by atoms with van der Waals surface area (Å²) in [6.45, 7) is -0.339. The summed E-state index contributed by atoms with van der Waals surface area (Å²) in [5, 5.41) is 11.0. The normalized spacial score (nSPS) is 11.4. The first-order valence-corrected chi connectivity index (χ1v) is 5.05. The standard InChI is InChI=1S/C9H16N4O5/c1-13(4-7(11)15)9(18)12-5(8(16)17)2-3-6(10)14/h5H,2-4H2,1H3,(H2,10,14)(H2,11,15)(H,12,18)(H,16,17)/t5-/m1/s1. The number of aliphatic carboxylic acids is 1. The van der Waals surface area contributed by atoms with Crippen LogP contribution >= 0.6 is 0 Å². The van der Waals surface area contributed by atoms with Gasteiger partial charge in [-0.15, -0.1) is 0 Å². The van der Waals surface area contributed by atoms with E-state index in [0.717, 1.165) is 4.90 Å². The molecule has 0 saturated heterocycles. The Bertz CT molecular complexity index is 357. The average Bonchev–Trinajstić information content (AvgIpc) is 2.21. The van der Waals surface area contributed by atoms with Crippen LogP contribution in [0, 0.1) is 0 Å². The maximum Gasteiger partial charge on any atom is 0.326 e. The van der Waals surface area contributed by atoms with Crippen molar-refractivity contribution in [1.29, 1.82) is 0 Å². The number of hydrogen-bond donors (Lipinski definition) is 4. The van der Waals surface area contributed by atoms with Crippen molar-refractivity contribution in [2.45, 2.75) is 18.9 Å². The van der Waals surface area contributed by atoms with Gasteiger partial charge in [0.15, 0.2) is 0 Å². The van der Waals surface area contributed by atoms with Crippen LogP contribution in [0.3, 0.4) is 0 Å². The lowest BCUT2D eigenvalue weighted by Crippen LogP contribution is -2.48. The minimum Gasteiger partial charge on any atom is -0.480 e. The van der Waals surface area contributed by atoms with Crippen LogP contribution in [-0.2, 0) is 14.4 Å². The van der Waals surface area contributed by atoms with E-state index in [-0.39, 0.29) is 19.4 Å². The molecule has 0 saturated carbocycles. The van der Waals surface area contributed by atoms with Crippen molar-refractivity contribution in [3.05, 3.63) is 0 Å². The summed E-state index contributed by atoms with van der Waals surface area (Å²) < 4.78 is 0. The molecule has 0 aliphatic carbocycles. The van der Waals surface area contributed by atoms with E-state index in [2.05, 4.69) is 5.32 Å². The number of nitrogens with two attached hydrogens (primary N) is 2. The zero-order valence-corrected chi connectivity index (χ0v) is 9.88. The van der Waals surface area contributed by atoms with Crippen LogP contribution in [0.25, 0.3) is 0 Å². The first kappa shape index (κ1) is 15.7. The van der Waals surface area contributed by atoms with E-state index < -0.39 is 29.9 Å². The molecule has 0 unspecified atom stereocenters. The molecule has 0 fully saturated rings. The lowest BCUT2D eigenvalue weighted by molar-refractivity contribution is -0.139. The summed E-state index contributed by atoms with van der Waals surface area (Å²) >= 11 is 0. The van der Waals surface area contributed by atoms with Crippen LogP contribution in [0.1, 0.15) is 12.8 Å². The largest absolute Gasteiger partial charge is 0.480 e. The molecule has 0 bridgehead atoms. The van der Waals surface area contributed by atoms with Crippen LogP contribution in [0.2, 0.25) is 0 Å². The van der Waals surface area contributed by atoms with E-state index in [4.69, 9.17) is 16.6 Å². The highest BCUT2D eigenvalue weighted by Crippen LogP contribution is 1.98. The maximum atomic E-state index is 11.5. The van der Waals surface area contributed by atoms with Gasteiger partial charge in [0.1, 0.15) is 12.6 Å². The Labute approximate surface area is 103 Å². The number of nitrogens with zero attached hydrogens (tertiary/aromatic N) is 1. The molecular formula is C9H16N4O5. The second-order valence-corrected chi connectivity index (χ2v) is 3.67. The lowest BCUT2D eigenvalue weighted by atomic mass is 10.1. The fourth-order valence-electron chi connectivity index (χ4n) is 1.11. The molecule has 4 amide bonds. The Kier molecular flexibility index (Phi) is 6.18. The molecule has 1 atom stereocenters. The van der Waals surface area contributed by atoms with Gasteiger partial charge >= 0.3 is 12.0 Å². The van der Waals surface area contributed by atoms with Gasteiger partial charge in [-0.3, -0.25) is 9.59 Å². The summed E-state index contributed by atoms with van der Waals surface area (Å²) in [4.78, 5) is 44.3. The number of amides is 4. The third-order valence-electron chi connectivity index (χ3n) is 2.01. The van der Waals surface area contributed by atoms with Crippen LogP contribution in [-0.4, -0.2) is 53.5 Å². The average molecular weight is 260 g/mol. The second kappa shape index (κ2) is 7.09. The number of urea groups is 1. The molecule has 102 valence electrons. The molecule has 0 heterocycles. The summed E-state index contributed by atoms with van der Waals surface area (Å²) in [7, 11) is 1.28. The second-order valence-electron chi connectivity index (χ2n) is 3.67. The molecule has 0 radical (unpaired) electrons. The first-order chi connectivity index (χ1) is 8.23. The molecule has 9 nitrogen and oxygen atoms in total. The SMILES string of the molecule is CN(CC(N)=O)C(=O)N[C@H](CCC(N)=O)C(=O)O. The number of likely N-dealkylation sites (N-methyl/N-ethyl adjacent to an activating group) is 1. The van der Waals surface area contributed by atoms with Crippen molar-refractivity contribution in [3.8, 4) is 0 Å². The Morgan fingerprint density at radius 1 is 1.22 bits per heavy atom. The van der Waals surface area contributed by atoms with Gasteiger partial charge in [-0.2, -0.15) is 0 Å². The Hall–Kier alpha value is -2.32. The van der Waals surface area contributed by atoms with Crippen molar-refractivity contribution in [1.82, 2.24) is 10.2 Å². The van der Waals surface area contributed by atoms with Gasteiger partial charge in [0.05, 0.1) is 0 Å². The topological polar surface area (TPSA) is 156 Å². The van der Waals surface area contributed by atoms with Crippen molar-refractivity contribution < 1.29 is 24.3 Å². The highest BCUT2D eigenvalue weighted by Gasteiger charge is 2.22. The number of nitrogens with one attached hydrogen (secondary N) is 1. The van der Waals surface area contributed by atoms with E-state index in [1.807, 2.05) is 0 Å². The summed E-state index contributed by atoms with van der Waals surface area (Å²) in [6.07, 6.45) is -0.294. The molecule has 0 aliphatic heterocycles. The number of carboxylic acids is 1. The Morgan fingerprint density at radius 2 is 1.78 bits per heavy atom. The minimum atomic E-state index is -1.29. The van der Waals surface area contributed by atoms with Gasteiger partial charge in [0.25, 0.3) is 0 Å². The molecule has 0 spiro atoms. The molecule has 9 heteroatoms. The number of rotatable bonds is 7. The highest BCUT2D eigenvalue weighted by molar-refractivity contribution is 5.86. The number of carbonyl (C=O) groups is 4. The van der Waals surface area contributed by atoms with Crippen LogP contribution in [0.4, 0.5) is 4.79 Å². The fourth-order valence-corrected chi connectivity index (χ4v) is 1.11. The van der Waals surface area contributed by atoms with E-state index in [1.54, 1.807) is 0 Å². The van der Waals surface area contributed by atoms with Gasteiger partial charge in [0, 0.05) is 13.5 Å². The van der Waals surface area contributed by atoms with Crippen molar-refractivity contribution in [2.75, 3.05) is 13.6 Å². The Balaban J connectivity index is 4.40. The van der Waals surface area contributed by atoms with Gasteiger partial charge in [-0.05, 0) is 6.42 Å². The van der Waals surface area contributed by atoms with Crippen LogP contribution < -0.4 is 16.8 Å². The zero-order valence-electron chi connectivity index (χ0n) is 9.88. The molecule has 0 aromatic carbocycles. The zero-order chi connectivity index (χ0) is 14.3. The van der Waals surface area contributed by atoms with Gasteiger partial charge in [0.2, 0.25) is 11.8 Å². The smallest absolute Gasteiger partial charge is 0.326 e. The summed E-state index contributed by atoms with van der Waals surface area (Å²) in [6, 6.07) is -2.02. The minimum absolute atomic E-state index is 0.124. The predicted octanol–water partition coefficient (Wildman–Crippen LogP) is -2.17. The molecule has 0 aliphatic rings. The van der Waals surface area contributed by atoms with Crippen molar-refractivity contribution in [3.63, 3.8) is 0 Å². The molecule has 0 aromatic rings. The molecule has 6 N–H and O–H groups in total. The van der Waals surface area contributed by atoms with E-state index in [0.29, 0.717) is 0 Å². The fraction of sp³-hybridized carbons (Fsp3) is 0.556. The molecule has 18 heavy (non-hydrogen) atoms. The predicted molar refractivity (Wildman–Crippen MR) is 60.2 cm³/mol. The quantitative estimate of drug-likeness (QED) is 0.410. The maximum absolute atomic E-state index is 11.5. The number of primary amides is 2. The van der Waals surface area contributed by atoms with E-state index in [9.17, 15) is 19.2 Å². The Morgan fingerprint density at radius 3 is 2.17 bits per heavy atom. The van der Waals surface area contributed by atoms with Crippen molar-refractivity contribution >= 4 is 23.8 Å². The molecular weight excluding hydrogens is 244 g/mol. The van der Waals surface area contributed by atoms with Gasteiger partial charge < -0.3 is 26.8 Å². The summed E-state index contributed by atoms with van der Waals surface area (Å²) in [5.74, 6) is -2.69. The summed E-state index contributed by atoms with van der Waals surface area (Å²) in [5.41, 5.74) is 9.76. The van der Waals surface area contributed by atoms with Gasteiger partial charge in [-0.25, -0.2) is 9.59 Å². The lowest BCUT2D eigenvalue weighted by Gasteiger charge is -2.19. The van der Waals surface area contributed by atoms with E-state index in [1.165, 1.54) is 7.05 Å².